The summed E-state index contributed by atoms with van der Waals surface area (Å²) in [4.78, 5) is 2.49. The van der Waals surface area contributed by atoms with E-state index >= 15 is 0 Å². The van der Waals surface area contributed by atoms with Gasteiger partial charge in [0.05, 0.1) is 16.8 Å². The highest BCUT2D eigenvalue weighted by molar-refractivity contribution is 7.90. The molecule has 0 saturated carbocycles. The molecule has 0 unspecified atom stereocenters. The average molecular weight is 390 g/mol. The summed E-state index contributed by atoms with van der Waals surface area (Å²) in [5, 5.41) is 7.92. The Kier molecular flexibility index (Phi) is 5.46. The maximum absolute atomic E-state index is 11.5. The fourth-order valence-corrected chi connectivity index (χ4v) is 3.55. The number of hydrogen-bond donors (Lipinski definition) is 1. The van der Waals surface area contributed by atoms with Crippen LogP contribution in [0, 0.1) is 0 Å². The minimum atomic E-state index is -3.16. The van der Waals surface area contributed by atoms with Gasteiger partial charge in [-0.3, -0.25) is 10.00 Å². The topological polar surface area (TPSA) is 66.1 Å². The Morgan fingerprint density at radius 1 is 1.04 bits per heavy atom. The SMILES string of the molecule is CN(Cc1ccc(S(C)(=O)=O)cc1)Cc1cn[nH]c1-c1ccc(Cl)cc1. The molecule has 0 aliphatic rings. The summed E-state index contributed by atoms with van der Waals surface area (Å²) in [6.07, 6.45) is 3.04. The van der Waals surface area contributed by atoms with E-state index in [2.05, 4.69) is 15.1 Å². The molecule has 0 amide bonds. The molecule has 0 radical (unpaired) electrons. The van der Waals surface area contributed by atoms with Gasteiger partial charge in [-0.2, -0.15) is 5.10 Å². The van der Waals surface area contributed by atoms with Gasteiger partial charge in [-0.25, -0.2) is 8.42 Å². The van der Waals surface area contributed by atoms with Crippen LogP contribution in [0.4, 0.5) is 0 Å². The maximum atomic E-state index is 11.5. The normalized spacial score (nSPS) is 11.8. The van der Waals surface area contributed by atoms with Gasteiger partial charge in [0.25, 0.3) is 0 Å². The van der Waals surface area contributed by atoms with Gasteiger partial charge in [0, 0.05) is 29.9 Å². The highest BCUT2D eigenvalue weighted by Gasteiger charge is 2.11. The number of hydrogen-bond acceptors (Lipinski definition) is 4. The van der Waals surface area contributed by atoms with Crippen LogP contribution < -0.4 is 0 Å². The Labute approximate surface area is 158 Å². The smallest absolute Gasteiger partial charge is 0.175 e. The van der Waals surface area contributed by atoms with Gasteiger partial charge in [-0.05, 0) is 42.4 Å². The molecule has 3 rings (SSSR count). The summed E-state index contributed by atoms with van der Waals surface area (Å²) in [5.41, 5.74) is 4.15. The van der Waals surface area contributed by atoms with E-state index in [0.717, 1.165) is 22.4 Å². The third-order valence-corrected chi connectivity index (χ3v) is 5.48. The molecular weight excluding hydrogens is 370 g/mol. The Bertz CT molecular complexity index is 980. The van der Waals surface area contributed by atoms with Gasteiger partial charge in [0.2, 0.25) is 0 Å². The highest BCUT2D eigenvalue weighted by atomic mass is 35.5. The Morgan fingerprint density at radius 3 is 2.31 bits per heavy atom. The van der Waals surface area contributed by atoms with Crippen molar-refractivity contribution in [2.24, 2.45) is 0 Å². The summed E-state index contributed by atoms with van der Waals surface area (Å²) in [7, 11) is -1.15. The van der Waals surface area contributed by atoms with Crippen LogP contribution in [-0.2, 0) is 22.9 Å². The van der Waals surface area contributed by atoms with E-state index in [4.69, 9.17) is 11.6 Å². The van der Waals surface area contributed by atoms with Crippen LogP contribution >= 0.6 is 11.6 Å². The molecule has 0 aliphatic heterocycles. The van der Waals surface area contributed by atoms with Crippen molar-refractivity contribution in [3.8, 4) is 11.3 Å². The zero-order valence-corrected chi connectivity index (χ0v) is 16.2. The molecule has 1 N–H and O–H groups in total. The third-order valence-electron chi connectivity index (χ3n) is 4.10. The van der Waals surface area contributed by atoms with E-state index in [1.54, 1.807) is 12.1 Å². The van der Waals surface area contributed by atoms with Crippen LogP contribution in [0.3, 0.4) is 0 Å². The summed E-state index contributed by atoms with van der Waals surface area (Å²) in [6, 6.07) is 14.6. The lowest BCUT2D eigenvalue weighted by Gasteiger charge is -2.17. The van der Waals surface area contributed by atoms with Gasteiger partial charge < -0.3 is 0 Å². The first-order chi connectivity index (χ1) is 12.3. The predicted octanol–water partition coefficient (Wildman–Crippen LogP) is 3.77. The van der Waals surface area contributed by atoms with Crippen molar-refractivity contribution in [2.45, 2.75) is 18.0 Å². The summed E-state index contributed by atoms with van der Waals surface area (Å²) >= 11 is 5.95. The first kappa shape index (κ1) is 18.6. The van der Waals surface area contributed by atoms with E-state index in [-0.39, 0.29) is 0 Å². The second-order valence-electron chi connectivity index (χ2n) is 6.37. The van der Waals surface area contributed by atoms with Gasteiger partial charge in [0.1, 0.15) is 0 Å². The molecule has 1 aromatic heterocycles. The quantitative estimate of drug-likeness (QED) is 0.697. The second kappa shape index (κ2) is 7.61. The van der Waals surface area contributed by atoms with E-state index in [9.17, 15) is 8.42 Å². The van der Waals surface area contributed by atoms with Gasteiger partial charge in [-0.1, -0.05) is 35.9 Å². The fourth-order valence-electron chi connectivity index (χ4n) is 2.80. The number of nitrogens with zero attached hydrogens (tertiary/aromatic N) is 2. The molecule has 2 aromatic carbocycles. The van der Waals surface area contributed by atoms with Gasteiger partial charge in [0.15, 0.2) is 9.84 Å². The molecule has 0 fully saturated rings. The van der Waals surface area contributed by atoms with Crippen LogP contribution in [0.1, 0.15) is 11.1 Å². The van der Waals surface area contributed by atoms with Gasteiger partial charge in [-0.15, -0.1) is 0 Å². The average Bonchev–Trinajstić information content (AvgIpc) is 3.03. The zero-order chi connectivity index (χ0) is 18.7. The number of nitrogens with one attached hydrogen (secondary N) is 1. The number of H-pyrrole nitrogens is 1. The molecule has 0 saturated heterocycles. The molecule has 26 heavy (non-hydrogen) atoms. The summed E-state index contributed by atoms with van der Waals surface area (Å²) in [5.74, 6) is 0. The fraction of sp³-hybridized carbons (Fsp3) is 0.211. The maximum Gasteiger partial charge on any atom is 0.175 e. The van der Waals surface area contributed by atoms with E-state index in [1.807, 2.05) is 49.6 Å². The number of halogens is 1. The Hall–Kier alpha value is -2.15. The lowest BCUT2D eigenvalue weighted by molar-refractivity contribution is 0.319. The monoisotopic (exact) mass is 389 g/mol. The molecule has 5 nitrogen and oxygen atoms in total. The van der Waals surface area contributed by atoms with Crippen molar-refractivity contribution in [3.05, 3.63) is 70.9 Å². The largest absolute Gasteiger partial charge is 0.298 e. The van der Waals surface area contributed by atoms with Crippen LogP contribution in [0.15, 0.2) is 59.6 Å². The molecule has 3 aromatic rings. The first-order valence-corrected chi connectivity index (χ1v) is 10.4. The number of sulfone groups is 1. The zero-order valence-electron chi connectivity index (χ0n) is 14.6. The molecule has 0 spiro atoms. The number of rotatable bonds is 6. The summed E-state index contributed by atoms with van der Waals surface area (Å²) < 4.78 is 23.1. The second-order valence-corrected chi connectivity index (χ2v) is 8.82. The third kappa shape index (κ3) is 4.52. The van der Waals surface area contributed by atoms with Crippen LogP contribution in [0.5, 0.6) is 0 Å². The molecule has 0 atom stereocenters. The van der Waals surface area contributed by atoms with Crippen molar-refractivity contribution in [3.63, 3.8) is 0 Å². The van der Waals surface area contributed by atoms with E-state index in [0.29, 0.717) is 23.0 Å². The lowest BCUT2D eigenvalue weighted by atomic mass is 10.1. The first-order valence-electron chi connectivity index (χ1n) is 8.08. The van der Waals surface area contributed by atoms with Crippen molar-refractivity contribution >= 4 is 21.4 Å². The van der Waals surface area contributed by atoms with Crippen LogP contribution in [0.25, 0.3) is 11.3 Å². The van der Waals surface area contributed by atoms with Crippen molar-refractivity contribution in [1.29, 1.82) is 0 Å². The van der Waals surface area contributed by atoms with Crippen molar-refractivity contribution in [1.82, 2.24) is 15.1 Å². The lowest BCUT2D eigenvalue weighted by Crippen LogP contribution is -2.17. The number of aromatic nitrogens is 2. The molecule has 136 valence electrons. The molecule has 7 heteroatoms. The highest BCUT2D eigenvalue weighted by Crippen LogP contribution is 2.24. The van der Waals surface area contributed by atoms with E-state index < -0.39 is 9.84 Å². The molecule has 0 bridgehead atoms. The molecule has 1 heterocycles. The van der Waals surface area contributed by atoms with Crippen LogP contribution in [0.2, 0.25) is 5.02 Å². The van der Waals surface area contributed by atoms with E-state index in [1.165, 1.54) is 6.26 Å². The van der Waals surface area contributed by atoms with Crippen molar-refractivity contribution < 1.29 is 8.42 Å². The summed E-state index contributed by atoms with van der Waals surface area (Å²) in [6.45, 7) is 1.41. The predicted molar refractivity (Wildman–Crippen MR) is 104 cm³/mol. The van der Waals surface area contributed by atoms with Crippen LogP contribution in [-0.4, -0.2) is 36.8 Å². The Morgan fingerprint density at radius 2 is 1.69 bits per heavy atom. The Balaban J connectivity index is 1.70. The number of aromatic amines is 1. The number of benzene rings is 2. The van der Waals surface area contributed by atoms with Crippen molar-refractivity contribution in [2.75, 3.05) is 13.3 Å². The minimum Gasteiger partial charge on any atom is -0.298 e. The molecule has 0 aliphatic carbocycles. The van der Waals surface area contributed by atoms with Gasteiger partial charge >= 0.3 is 0 Å². The molecular formula is C19H20ClN3O2S. The minimum absolute atomic E-state index is 0.337. The standard InChI is InChI=1S/C19H20ClN3O2S/c1-23(12-14-3-9-18(10-4-14)26(2,24)25)13-16-11-21-22-19(16)15-5-7-17(20)8-6-15/h3-11H,12-13H2,1-2H3,(H,21,22).